The van der Waals surface area contributed by atoms with Crippen LogP contribution in [-0.4, -0.2) is 8.96 Å². The molecule has 0 spiro atoms. The molecule has 1 heterocycles. The van der Waals surface area contributed by atoms with Crippen LogP contribution in [0.5, 0.6) is 11.5 Å². The Morgan fingerprint density at radius 3 is 1.82 bits per heavy atom. The fourth-order valence-electron chi connectivity index (χ4n) is 5.85. The molecule has 0 bridgehead atoms. The van der Waals surface area contributed by atoms with Crippen LogP contribution in [-0.2, 0) is 16.4 Å². The highest BCUT2D eigenvalue weighted by Gasteiger charge is 2.39. The molecule has 0 saturated carbocycles. The molecule has 45 heavy (non-hydrogen) atoms. The number of ether oxygens (including phenoxy) is 1. The van der Waals surface area contributed by atoms with Gasteiger partial charge in [-0.05, 0) is 57.0 Å². The van der Waals surface area contributed by atoms with E-state index in [1.165, 1.54) is 22.7 Å². The van der Waals surface area contributed by atoms with E-state index in [-0.39, 0.29) is 0 Å². The monoisotopic (exact) mass is 639 g/mol. The Morgan fingerprint density at radius 2 is 1.27 bits per heavy atom. The number of benzene rings is 5. The van der Waals surface area contributed by atoms with Crippen LogP contribution in [0.25, 0.3) is 0 Å². The molecule has 2 atom stereocenters. The summed E-state index contributed by atoms with van der Waals surface area (Å²) >= 11 is 0. The van der Waals surface area contributed by atoms with E-state index in [0.29, 0.717) is 16.9 Å². The molecular formula is C38H36F2NO2PS. The van der Waals surface area contributed by atoms with Crippen LogP contribution in [0.2, 0.25) is 0 Å². The topological polar surface area (TPSA) is 38.3 Å². The average Bonchev–Trinajstić information content (AvgIpc) is 3.00. The molecule has 6 rings (SSSR count). The van der Waals surface area contributed by atoms with Crippen LogP contribution in [0.15, 0.2) is 115 Å². The zero-order valence-electron chi connectivity index (χ0n) is 26.0. The molecule has 5 aromatic carbocycles. The zero-order chi connectivity index (χ0) is 31.9. The minimum absolute atomic E-state index is 0.329. The molecule has 0 amide bonds. The van der Waals surface area contributed by atoms with Crippen LogP contribution in [0.4, 0.5) is 8.78 Å². The lowest BCUT2D eigenvalue weighted by atomic mass is 9.74. The maximum atomic E-state index is 14.6. The van der Waals surface area contributed by atoms with Gasteiger partial charge in [0.2, 0.25) is 0 Å². The van der Waals surface area contributed by atoms with E-state index in [0.717, 1.165) is 28.2 Å². The minimum Gasteiger partial charge on any atom is -0.456 e. The largest absolute Gasteiger partial charge is 0.456 e. The Labute approximate surface area is 268 Å². The maximum Gasteiger partial charge on any atom is 0.139 e. The summed E-state index contributed by atoms with van der Waals surface area (Å²) in [6, 6.07) is 35.7. The second-order valence-corrected chi connectivity index (χ2v) is 16.9. The van der Waals surface area contributed by atoms with Crippen molar-refractivity contribution in [1.82, 2.24) is 4.72 Å². The fraction of sp³-hybridized carbons (Fsp3) is 0.211. The molecule has 0 saturated heterocycles. The van der Waals surface area contributed by atoms with E-state index in [1.807, 2.05) is 51.1 Å². The zero-order valence-corrected chi connectivity index (χ0v) is 27.7. The number of hydrogen-bond donors (Lipinski definition) is 1. The van der Waals surface area contributed by atoms with Gasteiger partial charge in [-0.1, -0.05) is 111 Å². The molecule has 0 radical (unpaired) electrons. The molecule has 0 fully saturated rings. The molecular weight excluding hydrogens is 603 g/mol. The molecule has 3 nitrogen and oxygen atoms in total. The molecule has 1 aliphatic rings. The molecule has 5 aromatic rings. The molecule has 0 aliphatic carbocycles. The maximum absolute atomic E-state index is 14.6. The summed E-state index contributed by atoms with van der Waals surface area (Å²) in [4.78, 5) is 0. The predicted octanol–water partition coefficient (Wildman–Crippen LogP) is 8.30. The van der Waals surface area contributed by atoms with Gasteiger partial charge in [-0.15, -0.1) is 0 Å². The Kier molecular flexibility index (Phi) is 8.51. The smallest absolute Gasteiger partial charge is 0.139 e. The standard InChI is InChI=1S/C38H36F2NO2PS/c1-37(2,3)45(42)41-34(25-22-26(39)24-27(40)23-25)30-18-12-19-31-35(30)43-36-32(38(31,4)5)20-13-21-33(36)44(28-14-8-6-9-15-28)29-16-10-7-11-17-29/h6-24,34,41H,1-5H3/t34?,45-/m1/s1. The Balaban J connectivity index is 1.56. The van der Waals surface area contributed by atoms with Crippen molar-refractivity contribution in [2.24, 2.45) is 0 Å². The summed E-state index contributed by atoms with van der Waals surface area (Å²) < 4.78 is 52.4. The highest BCUT2D eigenvalue weighted by Crippen LogP contribution is 2.52. The van der Waals surface area contributed by atoms with Crippen LogP contribution in [0.1, 0.15) is 62.9 Å². The van der Waals surface area contributed by atoms with Crippen molar-refractivity contribution in [2.75, 3.05) is 0 Å². The summed E-state index contributed by atoms with van der Waals surface area (Å²) in [6.45, 7) is 9.92. The first-order valence-corrected chi connectivity index (χ1v) is 17.4. The fourth-order valence-corrected chi connectivity index (χ4v) is 9.08. The summed E-state index contributed by atoms with van der Waals surface area (Å²) in [6.07, 6.45) is 0. The Bertz CT molecular complexity index is 1810. The van der Waals surface area contributed by atoms with E-state index in [4.69, 9.17) is 4.74 Å². The second kappa shape index (κ2) is 12.2. The minimum atomic E-state index is -1.56. The number of halogens is 2. The molecule has 1 N–H and O–H groups in total. The molecule has 1 aliphatic heterocycles. The van der Waals surface area contributed by atoms with E-state index in [9.17, 15) is 13.0 Å². The lowest BCUT2D eigenvalue weighted by Crippen LogP contribution is -2.37. The van der Waals surface area contributed by atoms with Gasteiger partial charge in [0.15, 0.2) is 0 Å². The summed E-state index contributed by atoms with van der Waals surface area (Å²) in [5.74, 6) is -0.0178. The van der Waals surface area contributed by atoms with E-state index in [2.05, 4.69) is 85.3 Å². The lowest BCUT2D eigenvalue weighted by molar-refractivity contribution is 0.413. The first-order valence-electron chi connectivity index (χ1n) is 14.9. The van der Waals surface area contributed by atoms with Gasteiger partial charge < -0.3 is 4.74 Å². The van der Waals surface area contributed by atoms with Crippen molar-refractivity contribution >= 4 is 34.8 Å². The third kappa shape index (κ3) is 6.12. The number of rotatable bonds is 7. The van der Waals surface area contributed by atoms with Gasteiger partial charge in [-0.3, -0.25) is 0 Å². The highest BCUT2D eigenvalue weighted by molar-refractivity contribution is 7.84. The Hall–Kier alpha value is -3.70. The molecule has 7 heteroatoms. The second-order valence-electron chi connectivity index (χ2n) is 12.7. The van der Waals surface area contributed by atoms with Crippen molar-refractivity contribution in [1.29, 1.82) is 0 Å². The van der Waals surface area contributed by atoms with Gasteiger partial charge in [0.05, 0.1) is 21.8 Å². The molecule has 1 unspecified atom stereocenters. The first kappa shape index (κ1) is 31.3. The summed E-state index contributed by atoms with van der Waals surface area (Å²) in [7, 11) is -2.54. The number of para-hydroxylation sites is 2. The Morgan fingerprint density at radius 1 is 0.733 bits per heavy atom. The van der Waals surface area contributed by atoms with E-state index in [1.54, 1.807) is 0 Å². The van der Waals surface area contributed by atoms with E-state index < -0.39 is 46.7 Å². The van der Waals surface area contributed by atoms with Gasteiger partial charge in [-0.2, -0.15) is 0 Å². The summed E-state index contributed by atoms with van der Waals surface area (Å²) in [5.41, 5.74) is 2.52. The predicted molar refractivity (Wildman–Crippen MR) is 183 cm³/mol. The molecule has 0 aromatic heterocycles. The third-order valence-electron chi connectivity index (χ3n) is 8.17. The first-order chi connectivity index (χ1) is 21.4. The van der Waals surface area contributed by atoms with Crippen LogP contribution in [0.3, 0.4) is 0 Å². The van der Waals surface area contributed by atoms with Crippen molar-refractivity contribution < 1.29 is 17.7 Å². The normalized spacial score (nSPS) is 15.1. The van der Waals surface area contributed by atoms with Crippen molar-refractivity contribution in [3.05, 3.63) is 149 Å². The van der Waals surface area contributed by atoms with Crippen LogP contribution >= 0.6 is 7.92 Å². The van der Waals surface area contributed by atoms with Crippen molar-refractivity contribution in [2.45, 2.75) is 50.8 Å². The van der Waals surface area contributed by atoms with Crippen molar-refractivity contribution in [3.63, 3.8) is 0 Å². The third-order valence-corrected chi connectivity index (χ3v) is 12.2. The average molecular weight is 640 g/mol. The number of hydrogen-bond acceptors (Lipinski definition) is 2. The van der Waals surface area contributed by atoms with Gasteiger partial charge in [-0.25, -0.2) is 17.7 Å². The van der Waals surface area contributed by atoms with Gasteiger partial charge in [0, 0.05) is 33.5 Å². The summed E-state index contributed by atoms with van der Waals surface area (Å²) in [5, 5.41) is 3.47. The van der Waals surface area contributed by atoms with Gasteiger partial charge in [0.1, 0.15) is 23.1 Å². The van der Waals surface area contributed by atoms with Gasteiger partial charge >= 0.3 is 0 Å². The number of nitrogens with one attached hydrogen (secondary N) is 1. The van der Waals surface area contributed by atoms with Crippen LogP contribution in [0, 0.1) is 11.6 Å². The van der Waals surface area contributed by atoms with Gasteiger partial charge in [0.25, 0.3) is 0 Å². The quantitative estimate of drug-likeness (QED) is 0.182. The van der Waals surface area contributed by atoms with Crippen LogP contribution < -0.4 is 25.4 Å². The lowest BCUT2D eigenvalue weighted by Gasteiger charge is -2.38. The van der Waals surface area contributed by atoms with E-state index >= 15 is 0 Å². The molecule has 230 valence electrons. The number of fused-ring (bicyclic) bond motifs is 2. The SMILES string of the molecule is CC1(C)c2cccc(C(N[S@](=O)C(C)(C)C)c3cc(F)cc(F)c3)c2Oc2c(P(c3ccccc3)c3ccccc3)cccc21. The highest BCUT2D eigenvalue weighted by atomic mass is 32.2. The van der Waals surface area contributed by atoms with Crippen molar-refractivity contribution in [3.8, 4) is 11.5 Å².